The average molecular weight is 419 g/mol. The molecule has 1 fully saturated rings. The molecule has 3 aromatic rings. The van der Waals surface area contributed by atoms with Gasteiger partial charge in [-0.3, -0.25) is 19.7 Å². The number of nitrogens with one attached hydrogen (secondary N) is 2. The van der Waals surface area contributed by atoms with E-state index in [-0.39, 0.29) is 17.6 Å². The zero-order valence-electron chi connectivity index (χ0n) is 17.4. The largest absolute Gasteiger partial charge is 0.376 e. The van der Waals surface area contributed by atoms with Crippen LogP contribution in [0.1, 0.15) is 34.3 Å². The molecule has 1 unspecified atom stereocenters. The number of ether oxygens (including phenoxy) is 1. The number of amides is 1. The van der Waals surface area contributed by atoms with Gasteiger partial charge in [-0.1, -0.05) is 18.2 Å². The molecule has 3 heterocycles. The van der Waals surface area contributed by atoms with Gasteiger partial charge in [0.2, 0.25) is 0 Å². The van der Waals surface area contributed by atoms with Crippen molar-refractivity contribution in [1.29, 1.82) is 0 Å². The molecule has 1 amide bonds. The Morgan fingerprint density at radius 2 is 2.23 bits per heavy atom. The summed E-state index contributed by atoms with van der Waals surface area (Å²) < 4.78 is 6.88. The first-order chi connectivity index (χ1) is 15.1. The van der Waals surface area contributed by atoms with Crippen molar-refractivity contribution in [3.63, 3.8) is 0 Å². The highest BCUT2D eigenvalue weighted by Gasteiger charge is 2.17. The maximum Gasteiger partial charge on any atom is 0.280 e. The van der Waals surface area contributed by atoms with Crippen molar-refractivity contribution < 1.29 is 9.53 Å². The van der Waals surface area contributed by atoms with E-state index < -0.39 is 0 Å². The van der Waals surface area contributed by atoms with Crippen LogP contribution < -0.4 is 10.9 Å². The van der Waals surface area contributed by atoms with Crippen molar-refractivity contribution in [2.45, 2.75) is 32.4 Å². The lowest BCUT2D eigenvalue weighted by Crippen LogP contribution is -2.31. The predicted molar refractivity (Wildman–Crippen MR) is 119 cm³/mol. The number of carbonyl (C=O) groups is 1. The van der Waals surface area contributed by atoms with Gasteiger partial charge in [-0.2, -0.15) is 0 Å². The molecule has 8 nitrogen and oxygen atoms in total. The van der Waals surface area contributed by atoms with Crippen LogP contribution in [0.25, 0.3) is 16.9 Å². The number of rotatable bonds is 7. The van der Waals surface area contributed by atoms with E-state index in [0.717, 1.165) is 36.1 Å². The Balaban J connectivity index is 1.50. The van der Waals surface area contributed by atoms with Crippen LogP contribution in [0.5, 0.6) is 0 Å². The van der Waals surface area contributed by atoms with Gasteiger partial charge in [-0.05, 0) is 55.3 Å². The molecule has 2 aromatic heterocycles. The van der Waals surface area contributed by atoms with Gasteiger partial charge in [-0.25, -0.2) is 9.67 Å². The minimum Gasteiger partial charge on any atom is -0.376 e. The minimum absolute atomic E-state index is 0.0812. The first-order valence-corrected chi connectivity index (χ1v) is 10.3. The van der Waals surface area contributed by atoms with Crippen molar-refractivity contribution in [3.05, 3.63) is 69.8 Å². The van der Waals surface area contributed by atoms with E-state index in [0.29, 0.717) is 30.0 Å². The summed E-state index contributed by atoms with van der Waals surface area (Å²) >= 11 is 0. The quantitative estimate of drug-likeness (QED) is 0.575. The molecule has 31 heavy (non-hydrogen) atoms. The van der Waals surface area contributed by atoms with E-state index in [2.05, 4.69) is 27.1 Å². The summed E-state index contributed by atoms with van der Waals surface area (Å²) in [7, 11) is 0. The number of aryl methyl sites for hydroxylation is 1. The van der Waals surface area contributed by atoms with E-state index >= 15 is 0 Å². The fraction of sp³-hybridized carbons (Fsp3) is 0.304. The van der Waals surface area contributed by atoms with Gasteiger partial charge >= 0.3 is 0 Å². The second kappa shape index (κ2) is 9.09. The number of hydrogen-bond donors (Lipinski definition) is 2. The standard InChI is InChI=1S/C23H25N5O3/c1-15-10-16(11-24-2)5-7-19(15)20-14-27-28(23(20)30)21-8-6-17(12-25-21)22(29)26-13-18-4-3-9-31-18/h5-8,10,12,14,18,27H,2-4,9,11,13H2,1H3,(H,26,29). The lowest BCUT2D eigenvalue weighted by Gasteiger charge is -2.10. The number of aromatic nitrogens is 3. The Bertz CT molecular complexity index is 1140. The highest BCUT2D eigenvalue weighted by Crippen LogP contribution is 2.22. The SMILES string of the molecule is C=NCc1ccc(-c2c[nH]n(-c3ccc(C(=O)NCC4CCCO4)cn3)c2=O)c(C)c1. The number of carbonyl (C=O) groups excluding carboxylic acids is 1. The van der Waals surface area contributed by atoms with Crippen molar-refractivity contribution in [2.75, 3.05) is 13.2 Å². The molecule has 0 bridgehead atoms. The second-order valence-electron chi connectivity index (χ2n) is 7.61. The molecule has 4 rings (SSSR count). The number of benzene rings is 1. The first-order valence-electron chi connectivity index (χ1n) is 10.3. The van der Waals surface area contributed by atoms with E-state index in [9.17, 15) is 9.59 Å². The predicted octanol–water partition coefficient (Wildman–Crippen LogP) is 2.65. The number of H-pyrrole nitrogens is 1. The summed E-state index contributed by atoms with van der Waals surface area (Å²) in [6.45, 7) is 7.25. The minimum atomic E-state index is -0.209. The molecule has 0 radical (unpaired) electrons. The van der Waals surface area contributed by atoms with Crippen LogP contribution in [0, 0.1) is 6.92 Å². The highest BCUT2D eigenvalue weighted by molar-refractivity contribution is 5.93. The van der Waals surface area contributed by atoms with E-state index in [1.165, 1.54) is 10.9 Å². The molecule has 0 saturated carbocycles. The van der Waals surface area contributed by atoms with E-state index in [1.807, 2.05) is 25.1 Å². The third-order valence-electron chi connectivity index (χ3n) is 5.40. The molecule has 1 saturated heterocycles. The van der Waals surface area contributed by atoms with Crippen LogP contribution in [-0.4, -0.2) is 46.6 Å². The van der Waals surface area contributed by atoms with Crippen molar-refractivity contribution in [1.82, 2.24) is 20.1 Å². The van der Waals surface area contributed by atoms with Crippen LogP contribution in [0.2, 0.25) is 0 Å². The molecule has 2 N–H and O–H groups in total. The molecule has 1 aliphatic rings. The molecular weight excluding hydrogens is 394 g/mol. The van der Waals surface area contributed by atoms with Gasteiger partial charge in [0, 0.05) is 25.5 Å². The summed E-state index contributed by atoms with van der Waals surface area (Å²) in [5.74, 6) is 0.204. The van der Waals surface area contributed by atoms with Crippen LogP contribution in [0.4, 0.5) is 0 Å². The number of hydrogen-bond acceptors (Lipinski definition) is 5. The second-order valence-corrected chi connectivity index (χ2v) is 7.61. The Hall–Kier alpha value is -3.52. The lowest BCUT2D eigenvalue weighted by atomic mass is 10.0. The van der Waals surface area contributed by atoms with E-state index in [4.69, 9.17) is 4.74 Å². The molecule has 0 spiro atoms. The van der Waals surface area contributed by atoms with Gasteiger partial charge in [0.15, 0.2) is 5.82 Å². The normalized spacial score (nSPS) is 15.7. The fourth-order valence-electron chi connectivity index (χ4n) is 3.76. The van der Waals surface area contributed by atoms with Crippen LogP contribution >= 0.6 is 0 Å². The van der Waals surface area contributed by atoms with Crippen molar-refractivity contribution in [2.24, 2.45) is 4.99 Å². The smallest absolute Gasteiger partial charge is 0.280 e. The monoisotopic (exact) mass is 419 g/mol. The zero-order chi connectivity index (χ0) is 21.8. The maximum absolute atomic E-state index is 13.0. The third-order valence-corrected chi connectivity index (χ3v) is 5.40. The summed E-state index contributed by atoms with van der Waals surface area (Å²) in [4.78, 5) is 33.5. The zero-order valence-corrected chi connectivity index (χ0v) is 17.4. The molecule has 8 heteroatoms. The third kappa shape index (κ3) is 4.49. The summed E-state index contributed by atoms with van der Waals surface area (Å²) in [5.41, 5.74) is 3.65. The Morgan fingerprint density at radius 3 is 2.90 bits per heavy atom. The van der Waals surface area contributed by atoms with Crippen LogP contribution in [-0.2, 0) is 11.3 Å². The number of nitrogens with zero attached hydrogens (tertiary/aromatic N) is 3. The number of pyridine rings is 1. The molecule has 1 aromatic carbocycles. The topological polar surface area (TPSA) is 101 Å². The molecule has 1 aliphatic heterocycles. The number of aromatic amines is 1. The van der Waals surface area contributed by atoms with Crippen molar-refractivity contribution >= 4 is 12.6 Å². The van der Waals surface area contributed by atoms with Gasteiger partial charge in [-0.15, -0.1) is 0 Å². The maximum atomic E-state index is 13.0. The molecular formula is C23H25N5O3. The van der Waals surface area contributed by atoms with Gasteiger partial charge in [0.05, 0.1) is 23.8 Å². The summed E-state index contributed by atoms with van der Waals surface area (Å²) in [6.07, 6.45) is 5.20. The first kappa shape index (κ1) is 20.7. The van der Waals surface area contributed by atoms with Crippen molar-refractivity contribution in [3.8, 4) is 16.9 Å². The molecule has 160 valence electrons. The van der Waals surface area contributed by atoms with Gasteiger partial charge in [0.25, 0.3) is 11.5 Å². The molecule has 0 aliphatic carbocycles. The van der Waals surface area contributed by atoms with Gasteiger partial charge in [0.1, 0.15) is 0 Å². The molecule has 1 atom stereocenters. The summed E-state index contributed by atoms with van der Waals surface area (Å²) in [5, 5.41) is 5.83. The Morgan fingerprint density at radius 1 is 1.35 bits per heavy atom. The van der Waals surface area contributed by atoms with E-state index in [1.54, 1.807) is 18.3 Å². The Kier molecular flexibility index (Phi) is 6.08. The average Bonchev–Trinajstić information content (AvgIpc) is 3.43. The highest BCUT2D eigenvalue weighted by atomic mass is 16.5. The van der Waals surface area contributed by atoms with Gasteiger partial charge < -0.3 is 10.1 Å². The van der Waals surface area contributed by atoms with Crippen LogP contribution in [0.15, 0.2) is 52.5 Å². The fourth-order valence-corrected chi connectivity index (χ4v) is 3.76. The lowest BCUT2D eigenvalue weighted by molar-refractivity contribution is 0.0857. The van der Waals surface area contributed by atoms with Crippen LogP contribution in [0.3, 0.4) is 0 Å². The Labute approximate surface area is 180 Å². The number of aliphatic imine (C=N–C) groups is 1. The summed E-state index contributed by atoms with van der Waals surface area (Å²) in [6, 6.07) is 9.16.